The summed E-state index contributed by atoms with van der Waals surface area (Å²) in [5, 5.41) is 9.99. The van der Waals surface area contributed by atoms with Crippen LogP contribution in [-0.2, 0) is 24.5 Å². The fourth-order valence-electron chi connectivity index (χ4n) is 3.26. The van der Waals surface area contributed by atoms with E-state index in [1.807, 2.05) is 55.5 Å². The predicted molar refractivity (Wildman–Crippen MR) is 138 cm³/mol. The first-order chi connectivity index (χ1) is 17.0. The summed E-state index contributed by atoms with van der Waals surface area (Å²) in [5.41, 5.74) is 1.97. The van der Waals surface area contributed by atoms with Gasteiger partial charge in [0.1, 0.15) is 30.8 Å². The Morgan fingerprint density at radius 1 is 0.833 bits per heavy atom. The molecule has 2 atom stereocenters. The third-order valence-corrected chi connectivity index (χ3v) is 5.70. The van der Waals surface area contributed by atoms with Gasteiger partial charge in [0.15, 0.2) is 0 Å². The minimum absolute atomic E-state index is 0.0326. The minimum Gasteiger partial charge on any atom is -0.493 e. The number of carbonyl (C=O) groups excluding carboxylic acids is 2. The van der Waals surface area contributed by atoms with E-state index in [0.717, 1.165) is 23.0 Å². The van der Waals surface area contributed by atoms with Gasteiger partial charge in [-0.1, -0.05) is 65.5 Å². The minimum atomic E-state index is -0.894. The van der Waals surface area contributed by atoms with Crippen LogP contribution in [0.4, 0.5) is 0 Å². The van der Waals surface area contributed by atoms with Crippen LogP contribution in [-0.4, -0.2) is 49.6 Å². The van der Waals surface area contributed by atoms with Crippen LogP contribution in [0, 0.1) is 11.8 Å². The first-order valence-electron chi connectivity index (χ1n) is 12.1. The van der Waals surface area contributed by atoms with E-state index in [9.17, 15) is 14.7 Å². The summed E-state index contributed by atoms with van der Waals surface area (Å²) in [6.07, 6.45) is 0.254. The average molecular weight is 499 g/mol. The Morgan fingerprint density at radius 2 is 1.33 bits per heavy atom. The third kappa shape index (κ3) is 9.04. The Kier molecular flexibility index (Phi) is 11.0. The Bertz CT molecular complexity index is 978. The molecule has 0 aliphatic heterocycles. The van der Waals surface area contributed by atoms with E-state index >= 15 is 0 Å². The van der Waals surface area contributed by atoms with Crippen molar-refractivity contribution in [2.24, 2.45) is 11.8 Å². The largest absolute Gasteiger partial charge is 0.493 e. The number of benzene rings is 2. The lowest BCUT2D eigenvalue weighted by Crippen LogP contribution is -2.26. The van der Waals surface area contributed by atoms with E-state index in [-0.39, 0.29) is 43.0 Å². The molecular formula is C29H38O7. The van der Waals surface area contributed by atoms with Crippen LogP contribution in [0.25, 0.3) is 0 Å². The zero-order chi connectivity index (χ0) is 26.7. The number of ether oxygens (including phenoxy) is 4. The van der Waals surface area contributed by atoms with Crippen LogP contribution in [0.15, 0.2) is 61.2 Å². The first-order valence-corrected chi connectivity index (χ1v) is 12.1. The standard InChI is InChI=1S/C29H38O7/c1-7-27(31)35-17-21(4)16-33-25-12-8-22(9-13-25)29(5,6)23-10-14-26(15-11-23)34-18-24(30)19-36-28(32)20(2)3/h7-15,20-21,24,30H,1,16-19H2,2-6H3. The van der Waals surface area contributed by atoms with E-state index in [1.54, 1.807) is 13.8 Å². The van der Waals surface area contributed by atoms with Crippen LogP contribution in [0.5, 0.6) is 11.5 Å². The lowest BCUT2D eigenvalue weighted by atomic mass is 9.78. The van der Waals surface area contributed by atoms with Gasteiger partial charge in [0.2, 0.25) is 0 Å². The van der Waals surface area contributed by atoms with Gasteiger partial charge in [-0.15, -0.1) is 0 Å². The molecule has 0 heterocycles. The molecule has 0 bridgehead atoms. The number of carbonyl (C=O) groups is 2. The molecule has 0 fully saturated rings. The summed E-state index contributed by atoms with van der Waals surface area (Å²) >= 11 is 0. The monoisotopic (exact) mass is 498 g/mol. The van der Waals surface area contributed by atoms with E-state index in [0.29, 0.717) is 12.4 Å². The molecule has 196 valence electrons. The quantitative estimate of drug-likeness (QED) is 0.298. The lowest BCUT2D eigenvalue weighted by Gasteiger charge is -2.26. The molecule has 7 nitrogen and oxygen atoms in total. The average Bonchev–Trinajstić information content (AvgIpc) is 2.88. The maximum absolute atomic E-state index is 11.5. The molecule has 1 N–H and O–H groups in total. The topological polar surface area (TPSA) is 91.3 Å². The zero-order valence-corrected chi connectivity index (χ0v) is 21.9. The Hall–Kier alpha value is -3.32. The fourth-order valence-corrected chi connectivity index (χ4v) is 3.26. The fraction of sp³-hybridized carbons (Fsp3) is 0.448. The molecule has 2 unspecified atom stereocenters. The Morgan fingerprint density at radius 3 is 1.81 bits per heavy atom. The first kappa shape index (κ1) is 28.9. The molecule has 2 rings (SSSR count). The van der Waals surface area contributed by atoms with Crippen LogP contribution >= 0.6 is 0 Å². The second kappa shape index (κ2) is 13.7. The summed E-state index contributed by atoms with van der Waals surface area (Å²) in [7, 11) is 0. The number of aliphatic hydroxyl groups excluding tert-OH is 1. The van der Waals surface area contributed by atoms with Crippen LogP contribution < -0.4 is 9.47 Å². The van der Waals surface area contributed by atoms with E-state index < -0.39 is 12.1 Å². The second-order valence-electron chi connectivity index (χ2n) is 9.67. The molecule has 0 saturated carbocycles. The molecule has 7 heteroatoms. The summed E-state index contributed by atoms with van der Waals surface area (Å²) < 4.78 is 21.5. The van der Waals surface area contributed by atoms with Crippen molar-refractivity contribution in [1.82, 2.24) is 0 Å². The van der Waals surface area contributed by atoms with Gasteiger partial charge in [-0.3, -0.25) is 4.79 Å². The highest BCUT2D eigenvalue weighted by Crippen LogP contribution is 2.33. The highest BCUT2D eigenvalue weighted by atomic mass is 16.6. The molecule has 0 aromatic heterocycles. The SMILES string of the molecule is C=CC(=O)OCC(C)COc1ccc(C(C)(C)c2ccc(OCC(O)COC(=O)C(C)C)cc2)cc1. The smallest absolute Gasteiger partial charge is 0.330 e. The predicted octanol–water partition coefficient (Wildman–Crippen LogP) is 4.70. The van der Waals surface area contributed by atoms with Gasteiger partial charge in [0.05, 0.1) is 19.1 Å². The number of hydrogen-bond donors (Lipinski definition) is 1. The Balaban J connectivity index is 1.88. The third-order valence-electron chi connectivity index (χ3n) is 5.70. The van der Waals surface area contributed by atoms with Crippen molar-refractivity contribution in [2.75, 3.05) is 26.4 Å². The van der Waals surface area contributed by atoms with Crippen molar-refractivity contribution in [2.45, 2.75) is 46.1 Å². The van der Waals surface area contributed by atoms with Crippen molar-refractivity contribution in [3.63, 3.8) is 0 Å². The van der Waals surface area contributed by atoms with E-state index in [4.69, 9.17) is 18.9 Å². The highest BCUT2D eigenvalue weighted by molar-refractivity contribution is 5.81. The van der Waals surface area contributed by atoms with Gasteiger partial charge < -0.3 is 24.1 Å². The molecule has 0 radical (unpaired) electrons. The molecule has 2 aromatic rings. The molecule has 0 amide bonds. The van der Waals surface area contributed by atoms with Crippen LogP contribution in [0.3, 0.4) is 0 Å². The van der Waals surface area contributed by atoms with Gasteiger partial charge in [-0.25, -0.2) is 4.79 Å². The van der Waals surface area contributed by atoms with Crippen molar-refractivity contribution >= 4 is 11.9 Å². The normalized spacial score (nSPS) is 13.0. The van der Waals surface area contributed by atoms with Crippen LogP contribution in [0.2, 0.25) is 0 Å². The molecule has 2 aromatic carbocycles. The van der Waals surface area contributed by atoms with Gasteiger partial charge in [0.25, 0.3) is 0 Å². The van der Waals surface area contributed by atoms with Crippen molar-refractivity contribution < 1.29 is 33.6 Å². The number of rotatable bonds is 14. The Labute approximate surface area is 214 Å². The van der Waals surface area contributed by atoms with Crippen molar-refractivity contribution in [3.05, 3.63) is 72.3 Å². The maximum Gasteiger partial charge on any atom is 0.330 e. The summed E-state index contributed by atoms with van der Waals surface area (Å²) in [5.74, 6) is 0.415. The van der Waals surface area contributed by atoms with Crippen molar-refractivity contribution in [1.29, 1.82) is 0 Å². The second-order valence-corrected chi connectivity index (χ2v) is 9.67. The van der Waals surface area contributed by atoms with Crippen molar-refractivity contribution in [3.8, 4) is 11.5 Å². The zero-order valence-electron chi connectivity index (χ0n) is 21.9. The van der Waals surface area contributed by atoms with Gasteiger partial charge >= 0.3 is 11.9 Å². The molecule has 0 aliphatic carbocycles. The van der Waals surface area contributed by atoms with Gasteiger partial charge in [0, 0.05) is 17.4 Å². The molecule has 36 heavy (non-hydrogen) atoms. The summed E-state index contributed by atoms with van der Waals surface area (Å²) in [4.78, 5) is 22.7. The lowest BCUT2D eigenvalue weighted by molar-refractivity contribution is -0.150. The number of aliphatic hydroxyl groups is 1. The maximum atomic E-state index is 11.5. The van der Waals surface area contributed by atoms with Gasteiger partial charge in [-0.2, -0.15) is 0 Å². The van der Waals surface area contributed by atoms with E-state index in [2.05, 4.69) is 20.4 Å². The van der Waals surface area contributed by atoms with E-state index in [1.165, 1.54) is 0 Å². The summed E-state index contributed by atoms with van der Waals surface area (Å²) in [6, 6.07) is 15.7. The van der Waals surface area contributed by atoms with Gasteiger partial charge in [-0.05, 0) is 35.4 Å². The highest BCUT2D eigenvalue weighted by Gasteiger charge is 2.23. The summed E-state index contributed by atoms with van der Waals surface area (Å²) in [6.45, 7) is 13.7. The molecular weight excluding hydrogens is 460 g/mol. The number of hydrogen-bond acceptors (Lipinski definition) is 7. The number of esters is 2. The molecule has 0 aliphatic rings. The van der Waals surface area contributed by atoms with Crippen LogP contribution in [0.1, 0.15) is 45.7 Å². The molecule has 0 spiro atoms. The molecule has 0 saturated heterocycles.